The SMILES string of the molecule is CC/C=C\C/C=C\C/C=C\C/C=C\C/C=C\C/C=C\CCC(=O)NC(COP(=O)([O-])OCC[N+](C)(C)C)C(O)/C=C/CC/C=C/CC/C=C/CCCCCCCCCCCCCCCCC. The third-order valence-electron chi connectivity index (χ3n) is 11.0. The first kappa shape index (κ1) is 63.2. The average Bonchev–Trinajstić information content (AvgIpc) is 3.28. The van der Waals surface area contributed by atoms with Gasteiger partial charge < -0.3 is 28.8 Å². The van der Waals surface area contributed by atoms with Gasteiger partial charge in [-0.2, -0.15) is 0 Å². The number of phosphoric ester groups is 1. The number of nitrogens with one attached hydrogen (secondary N) is 1. The number of amides is 1. The molecule has 0 aromatic carbocycles. The Morgan fingerprint density at radius 3 is 1.39 bits per heavy atom. The first-order valence-electron chi connectivity index (χ1n) is 26.2. The van der Waals surface area contributed by atoms with Crippen LogP contribution in [0.5, 0.6) is 0 Å². The van der Waals surface area contributed by atoms with Gasteiger partial charge in [-0.1, -0.05) is 213 Å². The first-order chi connectivity index (χ1) is 32.0. The van der Waals surface area contributed by atoms with E-state index in [1.165, 1.54) is 103 Å². The van der Waals surface area contributed by atoms with Gasteiger partial charge in [-0.3, -0.25) is 9.36 Å². The molecular weight excluding hydrogens is 840 g/mol. The highest BCUT2D eigenvalue weighted by Gasteiger charge is 2.23. The summed E-state index contributed by atoms with van der Waals surface area (Å²) in [5.74, 6) is -0.297. The minimum absolute atomic E-state index is 0.0287. The third kappa shape index (κ3) is 49.1. The van der Waals surface area contributed by atoms with Crippen LogP contribution in [0, 0.1) is 0 Å². The molecule has 0 aromatic rings. The van der Waals surface area contributed by atoms with E-state index in [0.29, 0.717) is 23.9 Å². The van der Waals surface area contributed by atoms with E-state index in [2.05, 4.69) is 104 Å². The molecule has 0 heterocycles. The fourth-order valence-electron chi connectivity index (χ4n) is 6.85. The molecule has 0 fully saturated rings. The molecule has 3 atom stereocenters. The second kappa shape index (κ2) is 47.2. The Hall–Kier alpha value is -2.84. The van der Waals surface area contributed by atoms with Crippen LogP contribution in [0.2, 0.25) is 0 Å². The Morgan fingerprint density at radius 1 is 0.545 bits per heavy atom. The van der Waals surface area contributed by atoms with Crippen LogP contribution < -0.4 is 10.2 Å². The summed E-state index contributed by atoms with van der Waals surface area (Å²) >= 11 is 0. The highest BCUT2D eigenvalue weighted by Crippen LogP contribution is 2.38. The smallest absolute Gasteiger partial charge is 0.268 e. The average molecular weight is 939 g/mol. The van der Waals surface area contributed by atoms with Crippen LogP contribution in [0.1, 0.15) is 194 Å². The minimum Gasteiger partial charge on any atom is -0.756 e. The summed E-state index contributed by atoms with van der Waals surface area (Å²) in [4.78, 5) is 25.4. The van der Waals surface area contributed by atoms with Gasteiger partial charge in [0.15, 0.2) is 0 Å². The lowest BCUT2D eigenvalue weighted by Crippen LogP contribution is -2.45. The van der Waals surface area contributed by atoms with Crippen molar-refractivity contribution in [3.63, 3.8) is 0 Å². The molecule has 378 valence electrons. The topological polar surface area (TPSA) is 108 Å². The second-order valence-corrected chi connectivity index (χ2v) is 19.9. The quantitative estimate of drug-likeness (QED) is 0.0272. The predicted molar refractivity (Wildman–Crippen MR) is 283 cm³/mol. The zero-order chi connectivity index (χ0) is 48.5. The fraction of sp³-hybridized carbons (Fsp3) is 0.667. The van der Waals surface area contributed by atoms with Crippen molar-refractivity contribution < 1.29 is 32.9 Å². The van der Waals surface area contributed by atoms with E-state index in [0.717, 1.165) is 57.8 Å². The van der Waals surface area contributed by atoms with Crippen molar-refractivity contribution in [3.05, 3.63) is 109 Å². The third-order valence-corrected chi connectivity index (χ3v) is 11.9. The fourth-order valence-corrected chi connectivity index (χ4v) is 7.58. The molecule has 0 spiro atoms. The lowest BCUT2D eigenvalue weighted by Gasteiger charge is -2.29. The van der Waals surface area contributed by atoms with E-state index < -0.39 is 26.6 Å². The summed E-state index contributed by atoms with van der Waals surface area (Å²) in [6, 6.07) is -0.958. The summed E-state index contributed by atoms with van der Waals surface area (Å²) in [5, 5.41) is 13.8. The van der Waals surface area contributed by atoms with E-state index in [9.17, 15) is 19.4 Å². The van der Waals surface area contributed by atoms with Gasteiger partial charge in [0.25, 0.3) is 7.82 Å². The van der Waals surface area contributed by atoms with E-state index in [1.807, 2.05) is 39.4 Å². The van der Waals surface area contributed by atoms with Crippen molar-refractivity contribution in [2.45, 2.75) is 206 Å². The Bertz CT molecular complexity index is 1440. The van der Waals surface area contributed by atoms with Crippen LogP contribution in [0.25, 0.3) is 0 Å². The largest absolute Gasteiger partial charge is 0.756 e. The molecule has 0 bridgehead atoms. The highest BCUT2D eigenvalue weighted by molar-refractivity contribution is 7.45. The molecule has 66 heavy (non-hydrogen) atoms. The lowest BCUT2D eigenvalue weighted by atomic mass is 10.0. The minimum atomic E-state index is -4.63. The first-order valence-corrected chi connectivity index (χ1v) is 27.7. The van der Waals surface area contributed by atoms with Crippen LogP contribution in [-0.4, -0.2) is 68.5 Å². The molecule has 3 unspecified atom stereocenters. The maximum absolute atomic E-state index is 12.9. The van der Waals surface area contributed by atoms with Gasteiger partial charge in [-0.05, 0) is 83.5 Å². The monoisotopic (exact) mass is 939 g/mol. The predicted octanol–water partition coefficient (Wildman–Crippen LogP) is 15.0. The number of carbonyl (C=O) groups is 1. The van der Waals surface area contributed by atoms with Crippen molar-refractivity contribution in [1.29, 1.82) is 0 Å². The number of hydrogen-bond donors (Lipinski definition) is 2. The van der Waals surface area contributed by atoms with E-state index >= 15 is 0 Å². The number of carbonyl (C=O) groups excluding carboxylic acids is 1. The van der Waals surface area contributed by atoms with Gasteiger partial charge in [0, 0.05) is 6.42 Å². The molecule has 0 rings (SSSR count). The van der Waals surface area contributed by atoms with Crippen molar-refractivity contribution in [2.75, 3.05) is 40.9 Å². The summed E-state index contributed by atoms with van der Waals surface area (Å²) in [6.45, 7) is 4.44. The molecule has 0 radical (unpaired) electrons. The van der Waals surface area contributed by atoms with Gasteiger partial charge in [0.2, 0.25) is 5.91 Å². The van der Waals surface area contributed by atoms with Crippen molar-refractivity contribution in [3.8, 4) is 0 Å². The van der Waals surface area contributed by atoms with E-state index in [4.69, 9.17) is 9.05 Å². The number of nitrogens with zero attached hydrogens (tertiary/aromatic N) is 1. The molecule has 0 saturated carbocycles. The number of hydrogen-bond acceptors (Lipinski definition) is 6. The Kier molecular flexibility index (Phi) is 45.2. The number of aliphatic hydroxyl groups excluding tert-OH is 1. The van der Waals surface area contributed by atoms with Crippen molar-refractivity contribution >= 4 is 13.7 Å². The molecule has 0 aromatic heterocycles. The van der Waals surface area contributed by atoms with E-state index in [1.54, 1.807) is 6.08 Å². The molecule has 0 saturated heterocycles. The molecule has 2 N–H and O–H groups in total. The zero-order valence-electron chi connectivity index (χ0n) is 42.9. The van der Waals surface area contributed by atoms with Gasteiger partial charge in [-0.25, -0.2) is 0 Å². The Morgan fingerprint density at radius 2 is 0.939 bits per heavy atom. The maximum Gasteiger partial charge on any atom is 0.268 e. The summed E-state index contributed by atoms with van der Waals surface area (Å²) < 4.78 is 23.2. The molecule has 0 aliphatic rings. The number of rotatable bonds is 46. The number of unbranched alkanes of at least 4 members (excludes halogenated alkanes) is 17. The number of allylic oxidation sites excluding steroid dienone is 17. The number of quaternary nitrogens is 1. The zero-order valence-corrected chi connectivity index (χ0v) is 43.7. The molecule has 1 amide bonds. The van der Waals surface area contributed by atoms with Crippen LogP contribution in [-0.2, 0) is 18.4 Å². The van der Waals surface area contributed by atoms with Crippen molar-refractivity contribution in [2.24, 2.45) is 0 Å². The van der Waals surface area contributed by atoms with Crippen molar-refractivity contribution in [1.82, 2.24) is 5.32 Å². The number of phosphoric acid groups is 1. The van der Waals surface area contributed by atoms with Crippen LogP contribution in [0.3, 0.4) is 0 Å². The molecule has 9 heteroatoms. The van der Waals surface area contributed by atoms with Gasteiger partial charge in [0.1, 0.15) is 13.2 Å². The van der Waals surface area contributed by atoms with Gasteiger partial charge in [0.05, 0.1) is 39.9 Å². The number of aliphatic hydroxyl groups is 1. The number of likely N-dealkylation sites (N-methyl/N-ethyl adjacent to an activating group) is 1. The Balaban J connectivity index is 4.49. The lowest BCUT2D eigenvalue weighted by molar-refractivity contribution is -0.870. The maximum atomic E-state index is 12.9. The molecule has 0 aliphatic heterocycles. The second-order valence-electron chi connectivity index (χ2n) is 18.5. The van der Waals surface area contributed by atoms with Gasteiger partial charge in [-0.15, -0.1) is 0 Å². The van der Waals surface area contributed by atoms with E-state index in [-0.39, 0.29) is 18.9 Å². The molecule has 8 nitrogen and oxygen atoms in total. The van der Waals surface area contributed by atoms with Crippen LogP contribution in [0.15, 0.2) is 109 Å². The molecular formula is C57H99N2O6P. The normalized spacial score (nSPS) is 15.0. The van der Waals surface area contributed by atoms with Crippen LogP contribution >= 0.6 is 7.82 Å². The Labute approximate surface area is 406 Å². The standard InChI is InChI=1S/C57H99N2O6P/c1-6-8-10-12-14-16-18-20-22-24-26-27-28-29-30-31-33-34-36-38-40-42-44-46-48-50-56(60)55(54-65-66(62,63)64-53-52-59(3,4)5)58-57(61)51-49-47-45-43-41-39-37-35-32-25-23-21-19-17-15-13-11-9-7-2/h9,11,15,17,21,23,32-35,39-42,45,47-48,50,55-56,60H,6-8,10,12-14,16,18-20,22,24-31,36-38,43-44,46,49,51-54H2,1-5H3,(H-,58,61,62,63)/b11-9-,17-15-,23-21-,34-33+,35-32-,41-39-,42-40+,47-45-,50-48+. The summed E-state index contributed by atoms with van der Waals surface area (Å²) in [5.41, 5.74) is 0. The molecule has 0 aliphatic carbocycles. The summed E-state index contributed by atoms with van der Waals surface area (Å²) in [6.07, 6.45) is 68.9. The highest BCUT2D eigenvalue weighted by atomic mass is 31.2. The summed E-state index contributed by atoms with van der Waals surface area (Å²) in [7, 11) is 1.17. The van der Waals surface area contributed by atoms with Gasteiger partial charge >= 0.3 is 0 Å². The van der Waals surface area contributed by atoms with Crippen LogP contribution in [0.4, 0.5) is 0 Å².